The summed E-state index contributed by atoms with van der Waals surface area (Å²) >= 11 is 3.19. The first-order chi connectivity index (χ1) is 12.5. The van der Waals surface area contributed by atoms with E-state index in [4.69, 9.17) is 10.1 Å². The van der Waals surface area contributed by atoms with Crippen molar-refractivity contribution >= 4 is 34.5 Å². The normalized spacial score (nSPS) is 25.6. The Labute approximate surface area is 160 Å². The van der Waals surface area contributed by atoms with Crippen LogP contribution in [0.5, 0.6) is 5.75 Å². The van der Waals surface area contributed by atoms with E-state index in [9.17, 15) is 15.0 Å². The predicted octanol–water partition coefficient (Wildman–Crippen LogP) is 1.45. The summed E-state index contributed by atoms with van der Waals surface area (Å²) in [6.07, 6.45) is 0.407. The molecular weight excluding hydrogens is 372 g/mol. The largest absolute Gasteiger partial charge is 0.507 e. The average molecular weight is 393 g/mol. The van der Waals surface area contributed by atoms with Gasteiger partial charge in [-0.05, 0) is 25.2 Å². The van der Waals surface area contributed by atoms with Crippen molar-refractivity contribution in [2.24, 2.45) is 4.99 Å². The quantitative estimate of drug-likeness (QED) is 0.668. The second kappa shape index (κ2) is 8.35. The molecule has 2 aliphatic rings. The van der Waals surface area contributed by atoms with Gasteiger partial charge < -0.3 is 15.3 Å². The van der Waals surface area contributed by atoms with E-state index in [1.165, 1.54) is 0 Å². The molecule has 1 aromatic carbocycles. The van der Waals surface area contributed by atoms with E-state index in [0.29, 0.717) is 17.7 Å². The van der Waals surface area contributed by atoms with Crippen molar-refractivity contribution in [3.8, 4) is 17.6 Å². The molecule has 138 valence electrons. The minimum Gasteiger partial charge on any atom is -0.507 e. The fourth-order valence-electron chi connectivity index (χ4n) is 2.92. The fraction of sp³-hybridized carbons (Fsp3) is 0.444. The van der Waals surface area contributed by atoms with Gasteiger partial charge in [-0.25, -0.2) is 0 Å². The number of phenols is 1. The van der Waals surface area contributed by atoms with Crippen molar-refractivity contribution in [3.05, 3.63) is 29.3 Å². The molecule has 2 aliphatic heterocycles. The monoisotopic (exact) mass is 392 g/mol. The van der Waals surface area contributed by atoms with E-state index < -0.39 is 12.0 Å². The van der Waals surface area contributed by atoms with Crippen LogP contribution in [-0.2, 0) is 4.79 Å². The number of carboxylic acids is 1. The first-order valence-electron chi connectivity index (χ1n) is 8.21. The number of carboxylic acid groups (broad SMARTS) is 1. The number of aliphatic carboxylic acids is 1. The molecule has 0 spiro atoms. The topological polar surface area (TPSA) is 93.4 Å². The highest BCUT2D eigenvalue weighted by Gasteiger charge is 2.41. The highest BCUT2D eigenvalue weighted by Crippen LogP contribution is 2.37. The van der Waals surface area contributed by atoms with Gasteiger partial charge >= 0.3 is 5.97 Å². The van der Waals surface area contributed by atoms with Gasteiger partial charge in [-0.15, -0.1) is 23.5 Å². The fourth-order valence-corrected chi connectivity index (χ4v) is 5.67. The highest BCUT2D eigenvalue weighted by atomic mass is 32.2. The van der Waals surface area contributed by atoms with Crippen LogP contribution >= 0.6 is 23.5 Å². The summed E-state index contributed by atoms with van der Waals surface area (Å²) in [5, 5.41) is 29.1. The third-order valence-electron chi connectivity index (χ3n) is 4.30. The van der Waals surface area contributed by atoms with Crippen molar-refractivity contribution in [1.82, 2.24) is 4.90 Å². The van der Waals surface area contributed by atoms with Crippen LogP contribution < -0.4 is 0 Å². The van der Waals surface area contributed by atoms with E-state index >= 15 is 0 Å². The van der Waals surface area contributed by atoms with E-state index in [-0.39, 0.29) is 23.8 Å². The number of nitrogens with zero attached hydrogens (tertiary/aromatic N) is 2. The van der Waals surface area contributed by atoms with Crippen LogP contribution in [0.2, 0.25) is 0 Å². The molecule has 6 nitrogen and oxygen atoms in total. The number of hydrogen-bond donors (Lipinski definition) is 3. The van der Waals surface area contributed by atoms with Crippen LogP contribution in [0.25, 0.3) is 0 Å². The Morgan fingerprint density at radius 3 is 2.92 bits per heavy atom. The zero-order chi connectivity index (χ0) is 18.7. The van der Waals surface area contributed by atoms with E-state index in [1.54, 1.807) is 41.7 Å². The Morgan fingerprint density at radius 2 is 2.23 bits per heavy atom. The van der Waals surface area contributed by atoms with Crippen molar-refractivity contribution in [3.63, 3.8) is 0 Å². The Hall–Kier alpha value is -1.66. The Morgan fingerprint density at radius 1 is 1.42 bits per heavy atom. The van der Waals surface area contributed by atoms with E-state index in [0.717, 1.165) is 16.4 Å². The van der Waals surface area contributed by atoms with Crippen LogP contribution in [0, 0.1) is 11.8 Å². The number of aliphatic hydroxyl groups is 1. The minimum atomic E-state index is -0.802. The van der Waals surface area contributed by atoms with Gasteiger partial charge in [0.25, 0.3) is 0 Å². The molecule has 1 fully saturated rings. The molecule has 0 aromatic heterocycles. The van der Waals surface area contributed by atoms with Crippen LogP contribution in [0.3, 0.4) is 0 Å². The molecule has 0 bridgehead atoms. The van der Waals surface area contributed by atoms with Crippen molar-refractivity contribution < 1.29 is 20.1 Å². The number of thioether (sulfide) groups is 2. The summed E-state index contributed by atoms with van der Waals surface area (Å²) in [7, 11) is 1.83. The minimum absolute atomic E-state index is 0.0159. The molecule has 0 aliphatic carbocycles. The average Bonchev–Trinajstić information content (AvgIpc) is 3.23. The number of hydrogen-bond acceptors (Lipinski definition) is 7. The molecule has 1 saturated heterocycles. The molecule has 3 atom stereocenters. The van der Waals surface area contributed by atoms with Gasteiger partial charge in [0.1, 0.15) is 16.8 Å². The Bertz CT molecular complexity index is 787. The van der Waals surface area contributed by atoms with Gasteiger partial charge in [0.15, 0.2) is 0 Å². The predicted molar refractivity (Wildman–Crippen MR) is 105 cm³/mol. The smallest absolute Gasteiger partial charge is 0.321 e. The Balaban J connectivity index is 1.79. The molecule has 0 radical (unpaired) electrons. The van der Waals surface area contributed by atoms with Gasteiger partial charge in [0.05, 0.1) is 18.0 Å². The maximum atomic E-state index is 11.3. The maximum Gasteiger partial charge on any atom is 0.321 e. The summed E-state index contributed by atoms with van der Waals surface area (Å²) in [5.41, 5.74) is 1.41. The second-order valence-corrected chi connectivity index (χ2v) is 8.22. The van der Waals surface area contributed by atoms with Crippen LogP contribution in [-0.4, -0.2) is 73.9 Å². The molecule has 0 saturated carbocycles. The number of carbonyl (C=O) groups is 1. The van der Waals surface area contributed by atoms with E-state index in [1.807, 2.05) is 11.9 Å². The third kappa shape index (κ3) is 4.01. The molecule has 0 amide bonds. The van der Waals surface area contributed by atoms with Crippen LogP contribution in [0.1, 0.15) is 17.5 Å². The number of aliphatic hydroxyl groups excluding tert-OH is 1. The van der Waals surface area contributed by atoms with Crippen molar-refractivity contribution in [1.29, 1.82) is 0 Å². The van der Waals surface area contributed by atoms with Gasteiger partial charge in [-0.1, -0.05) is 11.8 Å². The summed E-state index contributed by atoms with van der Waals surface area (Å²) in [5.74, 6) is 6.50. The molecule has 0 unspecified atom stereocenters. The number of likely N-dealkylation sites (N-methyl/N-ethyl adjacent to an activating group) is 1. The van der Waals surface area contributed by atoms with Gasteiger partial charge in [0, 0.05) is 29.1 Å². The summed E-state index contributed by atoms with van der Waals surface area (Å²) < 4.78 is 0. The molecule has 3 rings (SSSR count). The number of aliphatic imine (C=N–C) groups is 1. The molecule has 8 heteroatoms. The Kier molecular flexibility index (Phi) is 6.14. The van der Waals surface area contributed by atoms with Gasteiger partial charge in [-0.2, -0.15) is 0 Å². The molecule has 1 aromatic rings. The zero-order valence-corrected chi connectivity index (χ0v) is 15.9. The highest BCUT2D eigenvalue weighted by molar-refractivity contribution is 8.14. The SMILES string of the molecule is CN1[C@@H]([C@H]2CSC(c3cc(C#CCCO)ccc3O)=N2)SC[C@H]1C(=O)O. The summed E-state index contributed by atoms with van der Waals surface area (Å²) in [6.45, 7) is 0.0199. The third-order valence-corrected chi connectivity index (χ3v) is 6.91. The molecule has 26 heavy (non-hydrogen) atoms. The lowest BCUT2D eigenvalue weighted by Crippen LogP contribution is -2.42. The summed E-state index contributed by atoms with van der Waals surface area (Å²) in [4.78, 5) is 17.9. The lowest BCUT2D eigenvalue weighted by atomic mass is 10.1. The number of aromatic hydroxyl groups is 1. The molecule has 2 heterocycles. The zero-order valence-electron chi connectivity index (χ0n) is 14.3. The van der Waals surface area contributed by atoms with Crippen molar-refractivity contribution in [2.75, 3.05) is 25.2 Å². The van der Waals surface area contributed by atoms with Crippen molar-refractivity contribution in [2.45, 2.75) is 23.9 Å². The molecule has 3 N–H and O–H groups in total. The lowest BCUT2D eigenvalue weighted by Gasteiger charge is -2.24. The van der Waals surface area contributed by atoms with Gasteiger partial charge in [-0.3, -0.25) is 14.7 Å². The molecular formula is C18H20N2O4S2. The van der Waals surface area contributed by atoms with Crippen LogP contribution in [0.15, 0.2) is 23.2 Å². The number of benzene rings is 1. The van der Waals surface area contributed by atoms with E-state index in [2.05, 4.69) is 11.8 Å². The van der Waals surface area contributed by atoms with Gasteiger partial charge in [0.2, 0.25) is 0 Å². The lowest BCUT2D eigenvalue weighted by molar-refractivity contribution is -0.141. The standard InChI is InChI=1S/C18H20N2O4S2/c1-20-14(18(23)24)10-26-17(20)13-9-25-16(19-13)12-8-11(4-2-3-7-21)5-6-15(12)22/h5-6,8,13-14,17,21-22H,3,7,9-10H2,1H3,(H,23,24)/t13-,14+,17-/m1/s1. The summed E-state index contributed by atoms with van der Waals surface area (Å²) in [6, 6.07) is 4.65. The second-order valence-electron chi connectivity index (χ2n) is 6.06. The first kappa shape index (κ1) is 19.1. The number of phenolic OH excluding ortho intramolecular Hbond substituents is 1. The first-order valence-corrected chi connectivity index (χ1v) is 10.2. The maximum absolute atomic E-state index is 11.3. The number of rotatable bonds is 4. The van der Waals surface area contributed by atoms with Crippen LogP contribution in [0.4, 0.5) is 0 Å².